The van der Waals surface area contributed by atoms with Crippen LogP contribution in [0.25, 0.3) is 0 Å². The lowest BCUT2D eigenvalue weighted by molar-refractivity contribution is 0.0780. The van der Waals surface area contributed by atoms with E-state index in [1.807, 2.05) is 0 Å². The second-order valence-corrected chi connectivity index (χ2v) is 5.44. The highest BCUT2D eigenvalue weighted by atomic mass is 16.5. The van der Waals surface area contributed by atoms with Gasteiger partial charge >= 0.3 is 0 Å². The SMILES string of the molecule is CC(C)CCCCCCNC1CCOCC1. The Morgan fingerprint density at radius 3 is 2.44 bits per heavy atom. The van der Waals surface area contributed by atoms with Crippen molar-refractivity contribution in [3.63, 3.8) is 0 Å². The average Bonchev–Trinajstić information content (AvgIpc) is 2.29. The number of rotatable bonds is 8. The van der Waals surface area contributed by atoms with Gasteiger partial charge in [0.15, 0.2) is 0 Å². The minimum atomic E-state index is 0.726. The van der Waals surface area contributed by atoms with Crippen molar-refractivity contribution >= 4 is 0 Å². The smallest absolute Gasteiger partial charge is 0.0480 e. The Morgan fingerprint density at radius 1 is 1.06 bits per heavy atom. The molecule has 1 aliphatic heterocycles. The maximum absolute atomic E-state index is 5.34. The molecule has 0 aliphatic carbocycles. The zero-order valence-corrected chi connectivity index (χ0v) is 11.1. The predicted molar refractivity (Wildman–Crippen MR) is 69.8 cm³/mol. The van der Waals surface area contributed by atoms with Crippen LogP contribution < -0.4 is 5.32 Å². The molecule has 0 unspecified atom stereocenters. The Balaban J connectivity index is 1.80. The van der Waals surface area contributed by atoms with Gasteiger partial charge in [-0.3, -0.25) is 0 Å². The summed E-state index contributed by atoms with van der Waals surface area (Å²) in [7, 11) is 0. The highest BCUT2D eigenvalue weighted by Crippen LogP contribution is 2.10. The molecule has 0 aromatic rings. The van der Waals surface area contributed by atoms with E-state index in [1.54, 1.807) is 0 Å². The van der Waals surface area contributed by atoms with Crippen molar-refractivity contribution in [1.29, 1.82) is 0 Å². The van der Waals surface area contributed by atoms with Gasteiger partial charge in [0.25, 0.3) is 0 Å². The van der Waals surface area contributed by atoms with Gasteiger partial charge in [0, 0.05) is 19.3 Å². The molecular formula is C14H29NO. The van der Waals surface area contributed by atoms with Crippen LogP contribution in [0, 0.1) is 5.92 Å². The van der Waals surface area contributed by atoms with Gasteiger partial charge in [0.05, 0.1) is 0 Å². The maximum atomic E-state index is 5.34. The van der Waals surface area contributed by atoms with Gasteiger partial charge in [-0.1, -0.05) is 39.5 Å². The molecule has 0 bridgehead atoms. The average molecular weight is 227 g/mol. The van der Waals surface area contributed by atoms with E-state index in [2.05, 4.69) is 19.2 Å². The first-order chi connectivity index (χ1) is 7.79. The molecule has 1 fully saturated rings. The molecule has 0 atom stereocenters. The van der Waals surface area contributed by atoms with Crippen LogP contribution in [0.4, 0.5) is 0 Å². The molecule has 0 saturated carbocycles. The molecule has 0 amide bonds. The van der Waals surface area contributed by atoms with Crippen molar-refractivity contribution in [3.05, 3.63) is 0 Å². The second kappa shape index (κ2) is 9.00. The zero-order chi connectivity index (χ0) is 11.6. The fraction of sp³-hybridized carbons (Fsp3) is 1.00. The van der Waals surface area contributed by atoms with Crippen molar-refractivity contribution in [1.82, 2.24) is 5.32 Å². The highest BCUT2D eigenvalue weighted by Gasteiger charge is 2.11. The fourth-order valence-corrected chi connectivity index (χ4v) is 2.24. The number of unbranched alkanes of at least 4 members (excludes halogenated alkanes) is 3. The number of nitrogens with one attached hydrogen (secondary N) is 1. The van der Waals surface area contributed by atoms with Crippen LogP contribution in [0.2, 0.25) is 0 Å². The molecule has 1 aliphatic rings. The van der Waals surface area contributed by atoms with Crippen LogP contribution in [0.3, 0.4) is 0 Å². The van der Waals surface area contributed by atoms with Gasteiger partial charge in [-0.2, -0.15) is 0 Å². The van der Waals surface area contributed by atoms with Gasteiger partial charge in [-0.25, -0.2) is 0 Å². The van der Waals surface area contributed by atoms with Gasteiger partial charge < -0.3 is 10.1 Å². The molecular weight excluding hydrogens is 198 g/mol. The largest absolute Gasteiger partial charge is 0.381 e. The van der Waals surface area contributed by atoms with Crippen molar-refractivity contribution in [3.8, 4) is 0 Å². The molecule has 0 spiro atoms. The van der Waals surface area contributed by atoms with Crippen LogP contribution in [-0.2, 0) is 4.74 Å². The van der Waals surface area contributed by atoms with Crippen LogP contribution >= 0.6 is 0 Å². The van der Waals surface area contributed by atoms with Crippen LogP contribution in [0.5, 0.6) is 0 Å². The lowest BCUT2D eigenvalue weighted by Gasteiger charge is -2.23. The molecule has 0 aromatic heterocycles. The van der Waals surface area contributed by atoms with Gasteiger partial charge in [-0.15, -0.1) is 0 Å². The Bertz CT molecular complexity index is 153. The van der Waals surface area contributed by atoms with E-state index < -0.39 is 0 Å². The van der Waals surface area contributed by atoms with E-state index in [9.17, 15) is 0 Å². The van der Waals surface area contributed by atoms with Crippen molar-refractivity contribution in [2.75, 3.05) is 19.8 Å². The molecule has 2 heteroatoms. The van der Waals surface area contributed by atoms with E-state index in [1.165, 1.54) is 51.5 Å². The van der Waals surface area contributed by atoms with Crippen molar-refractivity contribution in [2.24, 2.45) is 5.92 Å². The van der Waals surface area contributed by atoms with E-state index >= 15 is 0 Å². The summed E-state index contributed by atoms with van der Waals surface area (Å²) in [5, 5.41) is 3.64. The number of hydrogen-bond donors (Lipinski definition) is 1. The minimum absolute atomic E-state index is 0.726. The first-order valence-electron chi connectivity index (χ1n) is 7.10. The van der Waals surface area contributed by atoms with E-state index in [0.717, 1.165) is 25.2 Å². The molecule has 1 N–H and O–H groups in total. The summed E-state index contributed by atoms with van der Waals surface area (Å²) >= 11 is 0. The number of hydrogen-bond acceptors (Lipinski definition) is 2. The summed E-state index contributed by atoms with van der Waals surface area (Å²) in [5.41, 5.74) is 0. The van der Waals surface area contributed by atoms with Gasteiger partial charge in [0.2, 0.25) is 0 Å². The molecule has 1 rings (SSSR count). The molecule has 1 saturated heterocycles. The van der Waals surface area contributed by atoms with Crippen LogP contribution in [0.15, 0.2) is 0 Å². The van der Waals surface area contributed by atoms with Crippen LogP contribution in [0.1, 0.15) is 58.8 Å². The van der Waals surface area contributed by atoms with Gasteiger partial charge in [-0.05, 0) is 31.7 Å². The maximum Gasteiger partial charge on any atom is 0.0480 e. The molecule has 2 nitrogen and oxygen atoms in total. The summed E-state index contributed by atoms with van der Waals surface area (Å²) in [6.07, 6.45) is 9.36. The van der Waals surface area contributed by atoms with Crippen molar-refractivity contribution in [2.45, 2.75) is 64.8 Å². The topological polar surface area (TPSA) is 21.3 Å². The molecule has 0 aromatic carbocycles. The van der Waals surface area contributed by atoms with Crippen molar-refractivity contribution < 1.29 is 4.74 Å². The number of ether oxygens (including phenoxy) is 1. The van der Waals surface area contributed by atoms with E-state index in [0.29, 0.717) is 0 Å². The monoisotopic (exact) mass is 227 g/mol. The molecule has 96 valence electrons. The molecule has 1 heterocycles. The third-order valence-electron chi connectivity index (χ3n) is 3.36. The summed E-state index contributed by atoms with van der Waals surface area (Å²) in [6, 6.07) is 0.726. The lowest BCUT2D eigenvalue weighted by atomic mass is 10.0. The second-order valence-electron chi connectivity index (χ2n) is 5.44. The standard InChI is InChI=1S/C14H29NO/c1-13(2)7-5-3-4-6-10-15-14-8-11-16-12-9-14/h13-15H,3-12H2,1-2H3. The Kier molecular flexibility index (Phi) is 7.87. The van der Waals surface area contributed by atoms with Crippen LogP contribution in [-0.4, -0.2) is 25.8 Å². The Labute approximate surface area is 101 Å². The third-order valence-corrected chi connectivity index (χ3v) is 3.36. The summed E-state index contributed by atoms with van der Waals surface area (Å²) < 4.78 is 5.34. The van der Waals surface area contributed by atoms with E-state index in [-0.39, 0.29) is 0 Å². The lowest BCUT2D eigenvalue weighted by Crippen LogP contribution is -2.35. The zero-order valence-electron chi connectivity index (χ0n) is 11.1. The Morgan fingerprint density at radius 2 is 1.75 bits per heavy atom. The molecule has 16 heavy (non-hydrogen) atoms. The Hall–Kier alpha value is -0.0800. The molecule has 0 radical (unpaired) electrons. The minimum Gasteiger partial charge on any atom is -0.381 e. The quantitative estimate of drug-likeness (QED) is 0.642. The fourth-order valence-electron chi connectivity index (χ4n) is 2.24. The highest BCUT2D eigenvalue weighted by molar-refractivity contribution is 4.69. The normalized spacial score (nSPS) is 18.2. The van der Waals surface area contributed by atoms with E-state index in [4.69, 9.17) is 4.74 Å². The summed E-state index contributed by atoms with van der Waals surface area (Å²) in [4.78, 5) is 0. The first kappa shape index (κ1) is 14.0. The van der Waals surface area contributed by atoms with Gasteiger partial charge in [0.1, 0.15) is 0 Å². The summed E-state index contributed by atoms with van der Waals surface area (Å²) in [6.45, 7) is 7.73. The first-order valence-corrected chi connectivity index (χ1v) is 7.10. The predicted octanol–water partition coefficient (Wildman–Crippen LogP) is 3.36. The summed E-state index contributed by atoms with van der Waals surface area (Å²) in [5.74, 6) is 0.875. The third kappa shape index (κ3) is 7.24.